The van der Waals surface area contributed by atoms with Crippen LogP contribution in [0.15, 0.2) is 25.0 Å². The molecule has 0 amide bonds. The van der Waals surface area contributed by atoms with Crippen LogP contribution in [0.5, 0.6) is 0 Å². The molecule has 154 valence electrons. The van der Waals surface area contributed by atoms with E-state index >= 15 is 0 Å². The number of nitrogens with zero attached hydrogens (tertiary/aromatic N) is 2. The minimum atomic E-state index is -2.90. The van der Waals surface area contributed by atoms with Gasteiger partial charge in [-0.1, -0.05) is 19.6 Å². The molecular weight excluding hydrogens is 376 g/mol. The predicted octanol–water partition coefficient (Wildman–Crippen LogP) is -1.72. The minimum absolute atomic E-state index is 0. The van der Waals surface area contributed by atoms with Gasteiger partial charge in [0, 0.05) is 26.2 Å². The van der Waals surface area contributed by atoms with Crippen molar-refractivity contribution in [2.45, 2.75) is 47.1 Å². The number of allylic oxidation sites excluding steroid dienone is 1. The highest BCUT2D eigenvalue weighted by Gasteiger charge is 2.54. The van der Waals surface area contributed by atoms with Crippen LogP contribution in [0.2, 0.25) is 0 Å². The Morgan fingerprint density at radius 1 is 1.08 bits per heavy atom. The van der Waals surface area contributed by atoms with Crippen molar-refractivity contribution >= 4 is 8.97 Å². The normalized spacial score (nSPS) is 10.7. The fourth-order valence-corrected chi connectivity index (χ4v) is 4.95. The number of rotatable bonds is 12. The molecule has 0 aliphatic heterocycles. The van der Waals surface area contributed by atoms with Crippen LogP contribution in [0.4, 0.5) is 0 Å². The first-order chi connectivity index (χ1) is 12.1. The molecule has 1 aromatic rings. The lowest BCUT2D eigenvalue weighted by molar-refractivity contribution is -0.603. The molecule has 7 nitrogen and oxygen atoms in total. The molecule has 0 bridgehead atoms. The zero-order valence-electron chi connectivity index (χ0n) is 16.5. The Morgan fingerprint density at radius 3 is 1.92 bits per heavy atom. The minimum Gasteiger partial charge on any atom is -1.00 e. The Kier molecular flexibility index (Phi) is 17.4. The van der Waals surface area contributed by atoms with E-state index in [-0.39, 0.29) is 25.6 Å². The number of hydrogen-bond donors (Lipinski definition) is 2. The van der Waals surface area contributed by atoms with E-state index in [1.165, 1.54) is 5.82 Å². The van der Waals surface area contributed by atoms with E-state index in [1.54, 1.807) is 0 Å². The lowest BCUT2D eigenvalue weighted by Crippen LogP contribution is -3.00. The monoisotopic (exact) mass is 410 g/mol. The Morgan fingerprint density at radius 2 is 1.58 bits per heavy atom. The molecule has 9 heteroatoms. The Bertz CT molecular complexity index is 455. The van der Waals surface area contributed by atoms with Crippen LogP contribution in [0.25, 0.3) is 0 Å². The largest absolute Gasteiger partial charge is 1.00 e. The molecule has 26 heavy (non-hydrogen) atoms. The van der Waals surface area contributed by atoms with E-state index in [9.17, 15) is 0 Å². The first-order valence-corrected chi connectivity index (χ1v) is 10.6. The highest BCUT2D eigenvalue weighted by molar-refractivity contribution is 6.51. The fourth-order valence-electron chi connectivity index (χ4n) is 2.38. The highest BCUT2D eigenvalue weighted by atomic mass is 35.5. The van der Waals surface area contributed by atoms with E-state index in [1.807, 2.05) is 39.2 Å². The molecule has 0 saturated heterocycles. The molecule has 0 fully saturated rings. The summed E-state index contributed by atoms with van der Waals surface area (Å²) in [5.74, 6) is 1.17. The van der Waals surface area contributed by atoms with Crippen LogP contribution in [0, 0.1) is 0 Å². The van der Waals surface area contributed by atoms with Crippen molar-refractivity contribution < 1.29 is 40.1 Å². The first-order valence-electron chi connectivity index (χ1n) is 8.95. The predicted molar refractivity (Wildman–Crippen MR) is 99.0 cm³/mol. The van der Waals surface area contributed by atoms with E-state index in [2.05, 4.69) is 22.3 Å². The summed E-state index contributed by atoms with van der Waals surface area (Å²) < 4.78 is 22.2. The third-order valence-electron chi connectivity index (χ3n) is 3.18. The van der Waals surface area contributed by atoms with Gasteiger partial charge in [-0.25, -0.2) is 8.80 Å². The maximum absolute atomic E-state index is 7.62. The summed E-state index contributed by atoms with van der Waals surface area (Å²) in [6, 6.07) is 0. The molecular formula is C17H35ClN2O5Si. The molecule has 2 N–H and O–H groups in total. The second-order valence-corrected chi connectivity index (χ2v) is 7.44. The van der Waals surface area contributed by atoms with Crippen LogP contribution >= 0.6 is 0 Å². The zero-order valence-corrected chi connectivity index (χ0v) is 18.2. The second-order valence-electron chi connectivity index (χ2n) is 5.05. The highest BCUT2D eigenvalue weighted by Crippen LogP contribution is 2.11. The SMILES string of the molecule is C=CCn1cc[n+]([Si](OCC)(OCC)OCC)c1CCC.OCCO.[Cl-]. The van der Waals surface area contributed by atoms with Crippen molar-refractivity contribution in [3.8, 4) is 0 Å². The average Bonchev–Trinajstić information content (AvgIpc) is 3.00. The summed E-state index contributed by atoms with van der Waals surface area (Å²) in [6.45, 7) is 14.1. The van der Waals surface area contributed by atoms with Crippen molar-refractivity contribution in [2.24, 2.45) is 0 Å². The Labute approximate surface area is 165 Å². The summed E-state index contributed by atoms with van der Waals surface area (Å²) in [5.41, 5.74) is 0. The van der Waals surface area contributed by atoms with Crippen LogP contribution in [-0.4, -0.2) is 56.8 Å². The number of aromatic nitrogens is 2. The van der Waals surface area contributed by atoms with Crippen LogP contribution in [0.1, 0.15) is 39.9 Å². The van der Waals surface area contributed by atoms with Gasteiger partial charge in [-0.3, -0.25) is 0 Å². The molecule has 0 saturated carbocycles. The van der Waals surface area contributed by atoms with Crippen LogP contribution in [0.3, 0.4) is 0 Å². The number of aliphatic hydroxyl groups excluding tert-OH is 2. The van der Waals surface area contributed by atoms with Crippen molar-refractivity contribution in [1.82, 2.24) is 4.57 Å². The van der Waals surface area contributed by atoms with E-state index in [0.29, 0.717) is 19.8 Å². The summed E-state index contributed by atoms with van der Waals surface area (Å²) in [5, 5.41) is 15.2. The molecule has 0 unspecified atom stereocenters. The summed E-state index contributed by atoms with van der Waals surface area (Å²) in [6.07, 6.45) is 7.96. The fraction of sp³-hybridized carbons (Fsp3) is 0.706. The average molecular weight is 411 g/mol. The number of imidazole rings is 1. The quantitative estimate of drug-likeness (QED) is 0.317. The molecule has 0 aliphatic carbocycles. The summed E-state index contributed by atoms with van der Waals surface area (Å²) in [4.78, 5) is 0. The van der Waals surface area contributed by atoms with Crippen LogP contribution < -0.4 is 16.6 Å². The molecule has 0 atom stereocenters. The van der Waals surface area contributed by atoms with Gasteiger partial charge in [0.1, 0.15) is 18.9 Å². The van der Waals surface area contributed by atoms with Gasteiger partial charge >= 0.3 is 8.97 Å². The molecule has 0 spiro atoms. The molecule has 0 radical (unpaired) electrons. The van der Waals surface area contributed by atoms with Gasteiger partial charge in [0.05, 0.1) is 13.2 Å². The molecule has 1 aromatic heterocycles. The van der Waals surface area contributed by atoms with Gasteiger partial charge in [-0.15, -0.1) is 0 Å². The molecule has 1 heterocycles. The molecule has 0 aliphatic rings. The van der Waals surface area contributed by atoms with Gasteiger partial charge < -0.3 is 35.9 Å². The topological polar surface area (TPSA) is 77.0 Å². The third kappa shape index (κ3) is 8.30. The molecule has 1 rings (SSSR count). The molecule has 0 aromatic carbocycles. The standard InChI is InChI=1S/C15H29N2O3Si.C2H6O2.ClH/c1-6-11-15-16(12-7-2)13-14-17(15)21(18-8-3,19-9-4)20-10-5;3-1-2-4;/h7,13-14H,2,6,8-12H2,1,3-5H3;3-4H,1-2H2;1H/q+1;;/p-1. The number of aliphatic hydroxyl groups is 2. The van der Waals surface area contributed by atoms with Crippen molar-refractivity contribution in [2.75, 3.05) is 33.0 Å². The van der Waals surface area contributed by atoms with Crippen LogP contribution in [-0.2, 0) is 26.2 Å². The third-order valence-corrected chi connectivity index (χ3v) is 6.14. The van der Waals surface area contributed by atoms with Gasteiger partial charge in [0.2, 0.25) is 5.82 Å². The van der Waals surface area contributed by atoms with Crippen molar-refractivity contribution in [1.29, 1.82) is 0 Å². The Hall–Kier alpha value is -0.743. The van der Waals surface area contributed by atoms with E-state index in [0.717, 1.165) is 19.4 Å². The maximum atomic E-state index is 7.62. The Balaban J connectivity index is 0. The number of hydrogen-bond acceptors (Lipinski definition) is 5. The lowest BCUT2D eigenvalue weighted by atomic mass is 10.3. The zero-order chi connectivity index (χ0) is 19.1. The maximum Gasteiger partial charge on any atom is 0.757 e. The summed E-state index contributed by atoms with van der Waals surface area (Å²) >= 11 is 0. The lowest BCUT2D eigenvalue weighted by Gasteiger charge is -2.24. The van der Waals surface area contributed by atoms with Gasteiger partial charge in [-0.2, -0.15) is 0 Å². The second kappa shape index (κ2) is 16.4. The smallest absolute Gasteiger partial charge is 0.757 e. The van der Waals surface area contributed by atoms with Gasteiger partial charge in [0.15, 0.2) is 0 Å². The summed E-state index contributed by atoms with van der Waals surface area (Å²) in [7, 11) is -2.90. The van der Waals surface area contributed by atoms with Gasteiger partial charge in [-0.05, 0) is 27.2 Å². The van der Waals surface area contributed by atoms with Crippen molar-refractivity contribution in [3.63, 3.8) is 0 Å². The first kappa shape index (κ1) is 27.5. The number of halogens is 1. The van der Waals surface area contributed by atoms with Crippen molar-refractivity contribution in [3.05, 3.63) is 30.9 Å². The van der Waals surface area contributed by atoms with E-state index in [4.69, 9.17) is 23.5 Å². The van der Waals surface area contributed by atoms with Gasteiger partial charge in [0.25, 0.3) is 0 Å². The van der Waals surface area contributed by atoms with E-state index < -0.39 is 8.97 Å².